The van der Waals surface area contributed by atoms with E-state index in [-0.39, 0.29) is 4.90 Å². The van der Waals surface area contributed by atoms with Gasteiger partial charge >= 0.3 is 0 Å². The van der Waals surface area contributed by atoms with Crippen molar-refractivity contribution in [2.75, 3.05) is 32.6 Å². The quantitative estimate of drug-likeness (QED) is 0.0733. The highest BCUT2D eigenvalue weighted by atomic mass is 35.5. The van der Waals surface area contributed by atoms with E-state index in [4.69, 9.17) is 11.6 Å². The van der Waals surface area contributed by atoms with Gasteiger partial charge in [0.2, 0.25) is 0 Å². The molecule has 35 heavy (non-hydrogen) atoms. The summed E-state index contributed by atoms with van der Waals surface area (Å²) in [5.74, 6) is 0.821. The van der Waals surface area contributed by atoms with E-state index in [2.05, 4.69) is 20.9 Å². The Bertz CT molecular complexity index is 689. The van der Waals surface area contributed by atoms with Gasteiger partial charge in [-0.2, -0.15) is 0 Å². The van der Waals surface area contributed by atoms with Crippen LogP contribution in [0.2, 0.25) is 0 Å². The largest absolute Gasteiger partial charge is 0.744 e. The van der Waals surface area contributed by atoms with Crippen LogP contribution in [0.15, 0.2) is 29.2 Å². The Labute approximate surface area is 223 Å². The Kier molecular flexibility index (Phi) is 21.1. The standard InChI is InChI=1S/C22H47ClN.C7H8O3S/c1-4-6-8-10-12-14-16-20-24(3,22-18-19-23)21-17-15-13-11-9-7-5-2;1-6-2-4-7(5-3-6)11(8,9)10/h4-22H2,1-3H3;2-5H,1H3,(H,8,9,10)/q+1;/p-1. The molecule has 0 fully saturated rings. The third kappa shape index (κ3) is 20.2. The zero-order chi connectivity index (χ0) is 26.4. The molecule has 0 aliphatic carbocycles. The van der Waals surface area contributed by atoms with Crippen LogP contribution in [0.25, 0.3) is 0 Å². The van der Waals surface area contributed by atoms with E-state index in [1.807, 2.05) is 6.92 Å². The predicted molar refractivity (Wildman–Crippen MR) is 151 cm³/mol. The van der Waals surface area contributed by atoms with Gasteiger partial charge in [-0.25, -0.2) is 8.42 Å². The lowest BCUT2D eigenvalue weighted by Gasteiger charge is -2.35. The highest BCUT2D eigenvalue weighted by Gasteiger charge is 2.19. The van der Waals surface area contributed by atoms with Gasteiger partial charge in [-0.3, -0.25) is 0 Å². The zero-order valence-electron chi connectivity index (χ0n) is 23.2. The van der Waals surface area contributed by atoms with Gasteiger partial charge < -0.3 is 9.04 Å². The van der Waals surface area contributed by atoms with Crippen LogP contribution < -0.4 is 0 Å². The molecule has 0 heterocycles. The van der Waals surface area contributed by atoms with Crippen LogP contribution >= 0.6 is 11.6 Å². The summed E-state index contributed by atoms with van der Waals surface area (Å²) in [7, 11) is -1.80. The second-order valence-corrected chi connectivity index (χ2v) is 12.1. The van der Waals surface area contributed by atoms with Gasteiger partial charge in [-0.05, 0) is 44.7 Å². The first-order valence-electron chi connectivity index (χ1n) is 14.1. The molecule has 1 rings (SSSR count). The molecule has 0 radical (unpaired) electrons. The van der Waals surface area contributed by atoms with E-state index in [0.29, 0.717) is 0 Å². The fourth-order valence-corrected chi connectivity index (χ4v) is 4.97. The van der Waals surface area contributed by atoms with Gasteiger partial charge in [0.1, 0.15) is 10.1 Å². The van der Waals surface area contributed by atoms with Crippen molar-refractivity contribution in [1.82, 2.24) is 0 Å². The number of aryl methyl sites for hydroxylation is 1. The summed E-state index contributed by atoms with van der Waals surface area (Å²) in [6, 6.07) is 5.78. The molecule has 0 spiro atoms. The van der Waals surface area contributed by atoms with Gasteiger partial charge in [-0.1, -0.05) is 95.8 Å². The smallest absolute Gasteiger partial charge is 0.124 e. The summed E-state index contributed by atoms with van der Waals surface area (Å²) < 4.78 is 32.4. The Hall–Kier alpha value is -0.620. The van der Waals surface area contributed by atoms with Crippen LogP contribution in [-0.4, -0.2) is 50.0 Å². The number of alkyl halides is 1. The van der Waals surface area contributed by atoms with Crippen LogP contribution in [0.1, 0.15) is 116 Å². The number of nitrogens with zero attached hydrogens (tertiary/aromatic N) is 1. The molecular formula is C29H54ClNO3S. The van der Waals surface area contributed by atoms with Gasteiger partial charge in [-0.15, -0.1) is 11.6 Å². The number of benzene rings is 1. The minimum atomic E-state index is -4.27. The van der Waals surface area contributed by atoms with E-state index >= 15 is 0 Å². The second kappa shape index (κ2) is 21.5. The Morgan fingerprint density at radius 3 is 1.43 bits per heavy atom. The SMILES string of the molecule is CCCCCCCCC[N+](C)(CCCCl)CCCCCCCCC.Cc1ccc(S(=O)(=O)[O-])cc1. The van der Waals surface area contributed by atoms with Gasteiger partial charge in [0, 0.05) is 12.3 Å². The molecular weight excluding hydrogens is 478 g/mol. The molecule has 1 aromatic carbocycles. The topological polar surface area (TPSA) is 57.2 Å². The lowest BCUT2D eigenvalue weighted by molar-refractivity contribution is -0.910. The van der Waals surface area contributed by atoms with Crippen molar-refractivity contribution < 1.29 is 17.5 Å². The molecule has 0 aliphatic rings. The third-order valence-corrected chi connectivity index (χ3v) is 7.86. The number of quaternary nitrogens is 1. The maximum atomic E-state index is 10.4. The van der Waals surface area contributed by atoms with E-state index < -0.39 is 10.1 Å². The first-order chi connectivity index (χ1) is 16.7. The molecule has 1 aromatic rings. The average Bonchev–Trinajstić information content (AvgIpc) is 2.82. The van der Waals surface area contributed by atoms with Crippen molar-refractivity contribution in [2.45, 2.75) is 122 Å². The molecule has 0 saturated heterocycles. The summed E-state index contributed by atoms with van der Waals surface area (Å²) >= 11 is 5.96. The molecule has 4 nitrogen and oxygen atoms in total. The lowest BCUT2D eigenvalue weighted by atomic mass is 10.1. The summed E-state index contributed by atoms with van der Waals surface area (Å²) in [6.45, 7) is 10.4. The van der Waals surface area contributed by atoms with Crippen molar-refractivity contribution in [3.63, 3.8) is 0 Å². The first kappa shape index (κ1) is 34.4. The Balaban J connectivity index is 0.000000867. The fraction of sp³-hybridized carbons (Fsp3) is 0.793. The van der Waals surface area contributed by atoms with Gasteiger partial charge in [0.15, 0.2) is 0 Å². The highest BCUT2D eigenvalue weighted by Crippen LogP contribution is 2.15. The Morgan fingerprint density at radius 2 is 1.06 bits per heavy atom. The molecule has 0 aromatic heterocycles. The molecule has 0 unspecified atom stereocenters. The van der Waals surface area contributed by atoms with Crippen LogP contribution in [0.5, 0.6) is 0 Å². The second-order valence-electron chi connectivity index (χ2n) is 10.3. The predicted octanol–water partition coefficient (Wildman–Crippen LogP) is 8.46. The summed E-state index contributed by atoms with van der Waals surface area (Å²) in [5.41, 5.74) is 0.928. The van der Waals surface area contributed by atoms with Crippen LogP contribution in [0, 0.1) is 6.92 Å². The summed E-state index contributed by atoms with van der Waals surface area (Å²) in [6.07, 6.45) is 21.0. The average molecular weight is 532 g/mol. The molecule has 0 N–H and O–H groups in total. The monoisotopic (exact) mass is 531 g/mol. The molecule has 6 heteroatoms. The molecule has 0 amide bonds. The van der Waals surface area contributed by atoms with Crippen LogP contribution in [0.4, 0.5) is 0 Å². The van der Waals surface area contributed by atoms with Gasteiger partial charge in [0.05, 0.1) is 31.6 Å². The third-order valence-electron chi connectivity index (χ3n) is 6.74. The number of halogens is 1. The lowest BCUT2D eigenvalue weighted by Crippen LogP contribution is -2.46. The molecule has 0 atom stereocenters. The molecule has 0 bridgehead atoms. The zero-order valence-corrected chi connectivity index (χ0v) is 24.8. The maximum Gasteiger partial charge on any atom is 0.124 e. The fourth-order valence-electron chi connectivity index (χ4n) is 4.38. The van der Waals surface area contributed by atoms with Crippen LogP contribution in [0.3, 0.4) is 0 Å². The first-order valence-corrected chi connectivity index (χ1v) is 16.0. The normalized spacial score (nSPS) is 11.8. The highest BCUT2D eigenvalue weighted by molar-refractivity contribution is 7.85. The Morgan fingerprint density at radius 1 is 0.686 bits per heavy atom. The van der Waals surface area contributed by atoms with Crippen molar-refractivity contribution in [3.8, 4) is 0 Å². The molecule has 0 saturated carbocycles. The van der Waals surface area contributed by atoms with E-state index in [9.17, 15) is 13.0 Å². The van der Waals surface area contributed by atoms with E-state index in [0.717, 1.165) is 11.4 Å². The summed E-state index contributed by atoms with van der Waals surface area (Å²) in [4.78, 5) is -0.178. The number of hydrogen-bond donors (Lipinski definition) is 0. The van der Waals surface area contributed by atoms with Crippen molar-refractivity contribution in [2.24, 2.45) is 0 Å². The minimum Gasteiger partial charge on any atom is -0.744 e. The summed E-state index contributed by atoms with van der Waals surface area (Å²) in [5, 5.41) is 0. The molecule has 206 valence electrons. The maximum absolute atomic E-state index is 10.4. The van der Waals surface area contributed by atoms with Crippen LogP contribution in [-0.2, 0) is 10.1 Å². The van der Waals surface area contributed by atoms with E-state index in [1.54, 1.807) is 12.1 Å². The van der Waals surface area contributed by atoms with Crippen molar-refractivity contribution >= 4 is 21.7 Å². The number of rotatable bonds is 20. The van der Waals surface area contributed by atoms with Crippen molar-refractivity contribution in [1.29, 1.82) is 0 Å². The number of hydrogen-bond acceptors (Lipinski definition) is 3. The minimum absolute atomic E-state index is 0.178. The molecule has 0 aliphatic heterocycles. The van der Waals surface area contributed by atoms with E-state index in [1.165, 1.54) is 133 Å². The van der Waals surface area contributed by atoms with Gasteiger partial charge in [0.25, 0.3) is 0 Å². The van der Waals surface area contributed by atoms with Crippen molar-refractivity contribution in [3.05, 3.63) is 29.8 Å². The number of unbranched alkanes of at least 4 members (excludes halogenated alkanes) is 12.